The first kappa shape index (κ1) is 15.6. The zero-order valence-corrected chi connectivity index (χ0v) is 12.9. The molecular weight excluding hydrogens is 268 g/mol. The Kier molecular flexibility index (Phi) is 5.44. The number of methoxy groups -OCH3 is 1. The van der Waals surface area contributed by atoms with Crippen LogP contribution in [0.4, 0.5) is 0 Å². The Morgan fingerprint density at radius 2 is 2.14 bits per heavy atom. The molecule has 1 saturated carbocycles. The van der Waals surface area contributed by atoms with Crippen LogP contribution in [0.5, 0.6) is 11.5 Å². The topological polar surface area (TPSA) is 59.6 Å². The summed E-state index contributed by atoms with van der Waals surface area (Å²) >= 11 is 0. The molecule has 0 spiro atoms. The van der Waals surface area contributed by atoms with Crippen LogP contribution < -0.4 is 20.1 Å². The number of nitrogens with one attached hydrogen (secondary N) is 2. The second kappa shape index (κ2) is 7.31. The van der Waals surface area contributed by atoms with E-state index in [0.717, 1.165) is 29.9 Å². The molecule has 0 aromatic heterocycles. The molecule has 116 valence electrons. The van der Waals surface area contributed by atoms with E-state index in [9.17, 15) is 4.79 Å². The molecule has 1 aliphatic carbocycles. The van der Waals surface area contributed by atoms with Gasteiger partial charge in [-0.1, -0.05) is 13.8 Å². The highest BCUT2D eigenvalue weighted by molar-refractivity contribution is 5.78. The molecule has 1 aromatic rings. The minimum Gasteiger partial charge on any atom is -0.497 e. The monoisotopic (exact) mass is 292 g/mol. The standard InChI is InChI=1S/C16H24N2O3/c1-11(2)17-9-12-8-14(20-3)6-7-15(12)21-10-16(19)18-13-4-5-13/h6-8,11,13,17H,4-5,9-10H2,1-3H3,(H,18,19). The van der Waals surface area contributed by atoms with E-state index in [0.29, 0.717) is 18.6 Å². The SMILES string of the molecule is COc1ccc(OCC(=O)NC2CC2)c(CNC(C)C)c1. The molecule has 0 atom stereocenters. The Labute approximate surface area is 126 Å². The summed E-state index contributed by atoms with van der Waals surface area (Å²) in [5.41, 5.74) is 0.988. The van der Waals surface area contributed by atoms with Gasteiger partial charge >= 0.3 is 0 Å². The van der Waals surface area contributed by atoms with Crippen LogP contribution >= 0.6 is 0 Å². The molecule has 0 aliphatic heterocycles. The van der Waals surface area contributed by atoms with Gasteiger partial charge in [0.1, 0.15) is 11.5 Å². The van der Waals surface area contributed by atoms with Crippen molar-refractivity contribution in [3.05, 3.63) is 23.8 Å². The number of rotatable bonds is 8. The average molecular weight is 292 g/mol. The molecule has 0 radical (unpaired) electrons. The predicted octanol–water partition coefficient (Wildman–Crippen LogP) is 1.85. The summed E-state index contributed by atoms with van der Waals surface area (Å²) in [4.78, 5) is 11.7. The number of hydrogen-bond donors (Lipinski definition) is 2. The fourth-order valence-electron chi connectivity index (χ4n) is 1.92. The van der Waals surface area contributed by atoms with Gasteiger partial charge in [0, 0.05) is 24.2 Å². The van der Waals surface area contributed by atoms with Gasteiger partial charge in [0.15, 0.2) is 6.61 Å². The maximum Gasteiger partial charge on any atom is 0.258 e. The number of hydrogen-bond acceptors (Lipinski definition) is 4. The van der Waals surface area contributed by atoms with E-state index in [4.69, 9.17) is 9.47 Å². The third kappa shape index (κ3) is 5.27. The number of carbonyl (C=O) groups is 1. The number of ether oxygens (including phenoxy) is 2. The summed E-state index contributed by atoms with van der Waals surface area (Å²) in [6, 6.07) is 6.36. The summed E-state index contributed by atoms with van der Waals surface area (Å²) in [6.45, 7) is 4.90. The highest BCUT2D eigenvalue weighted by Crippen LogP contribution is 2.24. The van der Waals surface area contributed by atoms with E-state index in [1.54, 1.807) is 7.11 Å². The van der Waals surface area contributed by atoms with Crippen LogP contribution in [0.3, 0.4) is 0 Å². The van der Waals surface area contributed by atoms with Crippen molar-refractivity contribution in [2.75, 3.05) is 13.7 Å². The first-order valence-corrected chi connectivity index (χ1v) is 7.41. The van der Waals surface area contributed by atoms with Gasteiger partial charge in [0.05, 0.1) is 7.11 Å². The molecule has 1 aromatic carbocycles. The summed E-state index contributed by atoms with van der Waals surface area (Å²) in [5.74, 6) is 1.44. The van der Waals surface area contributed by atoms with Crippen LogP contribution in [0.15, 0.2) is 18.2 Å². The molecule has 1 amide bonds. The summed E-state index contributed by atoms with van der Waals surface area (Å²) < 4.78 is 10.9. The van der Waals surface area contributed by atoms with Gasteiger partial charge in [-0.05, 0) is 31.0 Å². The molecule has 0 heterocycles. The Morgan fingerprint density at radius 1 is 1.38 bits per heavy atom. The quantitative estimate of drug-likeness (QED) is 0.768. The van der Waals surface area contributed by atoms with Crippen molar-refractivity contribution in [2.45, 2.75) is 45.3 Å². The number of benzene rings is 1. The lowest BCUT2D eigenvalue weighted by Gasteiger charge is -2.15. The fourth-order valence-corrected chi connectivity index (χ4v) is 1.92. The first-order valence-electron chi connectivity index (χ1n) is 7.41. The maximum absolute atomic E-state index is 11.7. The van der Waals surface area contributed by atoms with Gasteiger partial charge < -0.3 is 20.1 Å². The van der Waals surface area contributed by atoms with Gasteiger partial charge in [0.25, 0.3) is 5.91 Å². The van der Waals surface area contributed by atoms with Crippen LogP contribution in [0, 0.1) is 0 Å². The Hall–Kier alpha value is -1.75. The van der Waals surface area contributed by atoms with Crippen molar-refractivity contribution >= 4 is 5.91 Å². The summed E-state index contributed by atoms with van der Waals surface area (Å²) in [5, 5.41) is 6.26. The van der Waals surface area contributed by atoms with Crippen LogP contribution in [-0.2, 0) is 11.3 Å². The summed E-state index contributed by atoms with van der Waals surface area (Å²) in [6.07, 6.45) is 2.16. The van der Waals surface area contributed by atoms with Crippen molar-refractivity contribution < 1.29 is 14.3 Å². The molecule has 1 fully saturated rings. The van der Waals surface area contributed by atoms with Crippen molar-refractivity contribution in [1.29, 1.82) is 0 Å². The highest BCUT2D eigenvalue weighted by atomic mass is 16.5. The fraction of sp³-hybridized carbons (Fsp3) is 0.562. The van der Waals surface area contributed by atoms with Crippen LogP contribution in [0.1, 0.15) is 32.3 Å². The second-order valence-electron chi connectivity index (χ2n) is 5.64. The van der Waals surface area contributed by atoms with Gasteiger partial charge in [-0.15, -0.1) is 0 Å². The predicted molar refractivity (Wildman–Crippen MR) is 81.6 cm³/mol. The molecule has 2 N–H and O–H groups in total. The maximum atomic E-state index is 11.7. The molecule has 1 aliphatic rings. The zero-order chi connectivity index (χ0) is 15.2. The van der Waals surface area contributed by atoms with Crippen LogP contribution in [0.25, 0.3) is 0 Å². The number of carbonyl (C=O) groups excluding carboxylic acids is 1. The van der Waals surface area contributed by atoms with Gasteiger partial charge in [-0.3, -0.25) is 4.79 Å². The average Bonchev–Trinajstić information content (AvgIpc) is 3.27. The van der Waals surface area contributed by atoms with E-state index in [-0.39, 0.29) is 12.5 Å². The van der Waals surface area contributed by atoms with E-state index < -0.39 is 0 Å². The largest absolute Gasteiger partial charge is 0.497 e. The molecule has 5 heteroatoms. The van der Waals surface area contributed by atoms with Crippen molar-refractivity contribution in [1.82, 2.24) is 10.6 Å². The lowest BCUT2D eigenvalue weighted by atomic mass is 10.1. The third-order valence-corrected chi connectivity index (χ3v) is 3.27. The van der Waals surface area contributed by atoms with E-state index in [2.05, 4.69) is 24.5 Å². The first-order chi connectivity index (χ1) is 10.1. The van der Waals surface area contributed by atoms with Crippen LogP contribution in [0.2, 0.25) is 0 Å². The molecular formula is C16H24N2O3. The second-order valence-corrected chi connectivity index (χ2v) is 5.64. The van der Waals surface area contributed by atoms with Crippen molar-refractivity contribution in [3.8, 4) is 11.5 Å². The van der Waals surface area contributed by atoms with Crippen LogP contribution in [-0.4, -0.2) is 31.7 Å². The minimum absolute atomic E-state index is 0.0531. The molecule has 0 saturated heterocycles. The molecule has 0 bridgehead atoms. The van der Waals surface area contributed by atoms with E-state index in [1.807, 2.05) is 18.2 Å². The molecule has 21 heavy (non-hydrogen) atoms. The van der Waals surface area contributed by atoms with Gasteiger partial charge in [0.2, 0.25) is 0 Å². The lowest BCUT2D eigenvalue weighted by molar-refractivity contribution is -0.123. The Balaban J connectivity index is 1.96. The Morgan fingerprint density at radius 3 is 2.76 bits per heavy atom. The van der Waals surface area contributed by atoms with Crippen molar-refractivity contribution in [2.24, 2.45) is 0 Å². The van der Waals surface area contributed by atoms with E-state index >= 15 is 0 Å². The van der Waals surface area contributed by atoms with E-state index in [1.165, 1.54) is 0 Å². The molecule has 0 unspecified atom stereocenters. The third-order valence-electron chi connectivity index (χ3n) is 3.27. The van der Waals surface area contributed by atoms with Gasteiger partial charge in [-0.25, -0.2) is 0 Å². The number of amides is 1. The molecule has 2 rings (SSSR count). The minimum atomic E-state index is -0.0592. The van der Waals surface area contributed by atoms with Crippen molar-refractivity contribution in [3.63, 3.8) is 0 Å². The van der Waals surface area contributed by atoms with Gasteiger partial charge in [-0.2, -0.15) is 0 Å². The normalized spacial score (nSPS) is 14.1. The Bertz CT molecular complexity index is 484. The summed E-state index contributed by atoms with van der Waals surface area (Å²) in [7, 11) is 1.64. The molecule has 5 nitrogen and oxygen atoms in total. The smallest absolute Gasteiger partial charge is 0.258 e. The highest BCUT2D eigenvalue weighted by Gasteiger charge is 2.23. The zero-order valence-electron chi connectivity index (χ0n) is 12.9. The lowest BCUT2D eigenvalue weighted by Crippen LogP contribution is -2.30.